The zero-order valence-corrected chi connectivity index (χ0v) is 14.4. The Kier molecular flexibility index (Phi) is 4.12. The van der Waals surface area contributed by atoms with E-state index >= 15 is 0 Å². The van der Waals surface area contributed by atoms with E-state index in [9.17, 15) is 9.59 Å². The maximum absolute atomic E-state index is 13.0. The molecule has 2 saturated heterocycles. The van der Waals surface area contributed by atoms with Crippen molar-refractivity contribution in [3.8, 4) is 0 Å². The standard InChI is InChI=1S/C20H23NO4/c1-2-3-11-24-19(23)16-15-9-10-20(25-15)13-21(18(22)17(16)20)12-14-7-5-4-6-8-14/h4-10,15-17H,2-3,11-13H2,1H3/t15-,16+,17+,20-/m1/s1. The average Bonchev–Trinajstić information content (AvgIpc) is 3.25. The minimum atomic E-state index is -0.662. The summed E-state index contributed by atoms with van der Waals surface area (Å²) in [5.41, 5.74) is 0.415. The van der Waals surface area contributed by atoms with Crippen molar-refractivity contribution in [1.29, 1.82) is 0 Å². The van der Waals surface area contributed by atoms with Crippen molar-refractivity contribution >= 4 is 11.9 Å². The monoisotopic (exact) mass is 341 g/mol. The van der Waals surface area contributed by atoms with Gasteiger partial charge in [-0.2, -0.15) is 0 Å². The highest BCUT2D eigenvalue weighted by Crippen LogP contribution is 2.52. The molecule has 0 saturated carbocycles. The van der Waals surface area contributed by atoms with Crippen LogP contribution in [0.3, 0.4) is 0 Å². The third kappa shape index (κ3) is 2.67. The number of rotatable bonds is 6. The zero-order valence-electron chi connectivity index (χ0n) is 14.4. The molecule has 5 nitrogen and oxygen atoms in total. The largest absolute Gasteiger partial charge is 0.465 e. The summed E-state index contributed by atoms with van der Waals surface area (Å²) in [5, 5.41) is 0. The Balaban J connectivity index is 1.52. The molecule has 132 valence electrons. The molecule has 3 heterocycles. The van der Waals surface area contributed by atoms with Crippen LogP contribution in [-0.4, -0.2) is 41.6 Å². The molecule has 2 fully saturated rings. The van der Waals surface area contributed by atoms with E-state index in [1.807, 2.05) is 49.4 Å². The van der Waals surface area contributed by atoms with Gasteiger partial charge in [-0.3, -0.25) is 9.59 Å². The first-order valence-electron chi connectivity index (χ1n) is 9.01. The average molecular weight is 341 g/mol. The lowest BCUT2D eigenvalue weighted by Gasteiger charge is -2.22. The van der Waals surface area contributed by atoms with E-state index in [4.69, 9.17) is 9.47 Å². The molecule has 5 heteroatoms. The van der Waals surface area contributed by atoms with Crippen molar-refractivity contribution in [2.45, 2.75) is 38.0 Å². The molecule has 1 aromatic carbocycles. The number of nitrogens with zero attached hydrogens (tertiary/aromatic N) is 1. The van der Waals surface area contributed by atoms with Gasteiger partial charge in [0, 0.05) is 6.54 Å². The molecule has 25 heavy (non-hydrogen) atoms. The topological polar surface area (TPSA) is 55.8 Å². The Morgan fingerprint density at radius 3 is 2.92 bits per heavy atom. The molecule has 3 aliphatic rings. The second kappa shape index (κ2) is 6.30. The molecule has 1 amide bonds. The van der Waals surface area contributed by atoms with Crippen molar-refractivity contribution in [1.82, 2.24) is 4.90 Å². The molecule has 4 rings (SSSR count). The van der Waals surface area contributed by atoms with E-state index in [-0.39, 0.29) is 18.0 Å². The van der Waals surface area contributed by atoms with Crippen LogP contribution in [0.15, 0.2) is 42.5 Å². The molecule has 0 radical (unpaired) electrons. The van der Waals surface area contributed by atoms with Gasteiger partial charge in [0.05, 0.1) is 25.2 Å². The third-order valence-corrected chi connectivity index (χ3v) is 5.41. The van der Waals surface area contributed by atoms with Gasteiger partial charge in [-0.25, -0.2) is 0 Å². The van der Waals surface area contributed by atoms with Gasteiger partial charge in [0.15, 0.2) is 0 Å². The van der Waals surface area contributed by atoms with Crippen LogP contribution >= 0.6 is 0 Å². The smallest absolute Gasteiger partial charge is 0.312 e. The molecular weight excluding hydrogens is 318 g/mol. The van der Waals surface area contributed by atoms with Gasteiger partial charge >= 0.3 is 5.97 Å². The van der Waals surface area contributed by atoms with Crippen molar-refractivity contribution < 1.29 is 19.1 Å². The first-order valence-corrected chi connectivity index (χ1v) is 9.01. The Morgan fingerprint density at radius 1 is 1.36 bits per heavy atom. The predicted octanol–water partition coefficient (Wildman–Crippen LogP) is 2.31. The number of carbonyl (C=O) groups is 2. The Hall–Kier alpha value is -2.14. The normalized spacial score (nSPS) is 32.3. The molecule has 0 aromatic heterocycles. The SMILES string of the molecule is CCCCOC(=O)[C@@H]1[C@H]2C(=O)N(Cc3ccccc3)C[C@]23C=C[C@H]1O3. The molecule has 2 bridgehead atoms. The van der Waals surface area contributed by atoms with Gasteiger partial charge in [0.2, 0.25) is 5.91 Å². The second-order valence-electron chi connectivity index (χ2n) is 7.10. The van der Waals surface area contributed by atoms with Crippen LogP contribution in [0.5, 0.6) is 0 Å². The molecule has 0 unspecified atom stereocenters. The summed E-state index contributed by atoms with van der Waals surface area (Å²) >= 11 is 0. The number of hydrogen-bond acceptors (Lipinski definition) is 4. The summed E-state index contributed by atoms with van der Waals surface area (Å²) in [5.74, 6) is -1.28. The second-order valence-corrected chi connectivity index (χ2v) is 7.10. The molecule has 1 spiro atoms. The summed E-state index contributed by atoms with van der Waals surface area (Å²) in [4.78, 5) is 27.4. The number of carbonyl (C=O) groups excluding carboxylic acids is 2. The fourth-order valence-electron chi connectivity index (χ4n) is 4.20. The van der Waals surface area contributed by atoms with Gasteiger partial charge in [0.1, 0.15) is 11.5 Å². The zero-order chi connectivity index (χ0) is 17.4. The highest BCUT2D eigenvalue weighted by Gasteiger charge is 2.67. The number of benzene rings is 1. The highest BCUT2D eigenvalue weighted by molar-refractivity contribution is 5.91. The minimum absolute atomic E-state index is 0.00635. The maximum Gasteiger partial charge on any atom is 0.312 e. The quantitative estimate of drug-likeness (QED) is 0.453. The highest BCUT2D eigenvalue weighted by atomic mass is 16.6. The summed E-state index contributed by atoms with van der Waals surface area (Å²) in [6.07, 6.45) is 5.36. The summed E-state index contributed by atoms with van der Waals surface area (Å²) in [6, 6.07) is 9.89. The lowest BCUT2D eigenvalue weighted by Crippen LogP contribution is -2.40. The van der Waals surface area contributed by atoms with Crippen LogP contribution in [0.2, 0.25) is 0 Å². The van der Waals surface area contributed by atoms with Crippen LogP contribution in [0.1, 0.15) is 25.3 Å². The lowest BCUT2D eigenvalue weighted by molar-refractivity contribution is -0.154. The van der Waals surface area contributed by atoms with Gasteiger partial charge in [-0.1, -0.05) is 55.8 Å². The summed E-state index contributed by atoms with van der Waals surface area (Å²) < 4.78 is 11.5. The van der Waals surface area contributed by atoms with E-state index in [0.717, 1.165) is 18.4 Å². The van der Waals surface area contributed by atoms with Gasteiger partial charge in [-0.05, 0) is 12.0 Å². The number of amides is 1. The maximum atomic E-state index is 13.0. The van der Waals surface area contributed by atoms with Crippen LogP contribution in [0, 0.1) is 11.8 Å². The van der Waals surface area contributed by atoms with E-state index in [1.54, 1.807) is 4.90 Å². The van der Waals surface area contributed by atoms with E-state index in [2.05, 4.69) is 0 Å². The number of likely N-dealkylation sites (tertiary alicyclic amines) is 1. The van der Waals surface area contributed by atoms with E-state index in [0.29, 0.717) is 19.7 Å². The number of esters is 1. The summed E-state index contributed by atoms with van der Waals surface area (Å²) in [6.45, 7) is 3.49. The first-order chi connectivity index (χ1) is 12.1. The Morgan fingerprint density at radius 2 is 2.16 bits per heavy atom. The van der Waals surface area contributed by atoms with Crippen LogP contribution in [0.25, 0.3) is 0 Å². The van der Waals surface area contributed by atoms with Crippen molar-refractivity contribution in [3.05, 3.63) is 48.0 Å². The molecule has 0 aliphatic carbocycles. The van der Waals surface area contributed by atoms with E-state index < -0.39 is 17.4 Å². The fraction of sp³-hybridized carbons (Fsp3) is 0.500. The third-order valence-electron chi connectivity index (χ3n) is 5.41. The molecule has 0 N–H and O–H groups in total. The van der Waals surface area contributed by atoms with Gasteiger partial charge < -0.3 is 14.4 Å². The number of unbranched alkanes of at least 4 members (excludes halogenated alkanes) is 1. The Labute approximate surface area is 147 Å². The number of hydrogen-bond donors (Lipinski definition) is 0. The van der Waals surface area contributed by atoms with Crippen molar-refractivity contribution in [2.24, 2.45) is 11.8 Å². The number of fused-ring (bicyclic) bond motifs is 1. The lowest BCUT2D eigenvalue weighted by atomic mass is 9.77. The fourth-order valence-corrected chi connectivity index (χ4v) is 4.20. The first kappa shape index (κ1) is 16.3. The Bertz CT molecular complexity index is 701. The van der Waals surface area contributed by atoms with Crippen molar-refractivity contribution in [2.75, 3.05) is 13.2 Å². The van der Waals surface area contributed by atoms with Gasteiger partial charge in [0.25, 0.3) is 0 Å². The van der Waals surface area contributed by atoms with E-state index in [1.165, 1.54) is 0 Å². The van der Waals surface area contributed by atoms with Crippen LogP contribution in [0.4, 0.5) is 0 Å². The van der Waals surface area contributed by atoms with Crippen LogP contribution < -0.4 is 0 Å². The molecule has 4 atom stereocenters. The molecule has 1 aromatic rings. The van der Waals surface area contributed by atoms with Crippen LogP contribution in [-0.2, 0) is 25.6 Å². The molecule has 3 aliphatic heterocycles. The summed E-state index contributed by atoms with van der Waals surface area (Å²) in [7, 11) is 0. The predicted molar refractivity (Wildman–Crippen MR) is 91.5 cm³/mol. The van der Waals surface area contributed by atoms with Gasteiger partial charge in [-0.15, -0.1) is 0 Å². The van der Waals surface area contributed by atoms with Crippen molar-refractivity contribution in [3.63, 3.8) is 0 Å². The molecular formula is C20H23NO4. The number of ether oxygens (including phenoxy) is 2. The minimum Gasteiger partial charge on any atom is -0.465 e.